The molecule has 0 saturated carbocycles. The molecule has 1 heterocycles. The minimum atomic E-state index is -0.324. The lowest BCUT2D eigenvalue weighted by Gasteiger charge is -2.12. The lowest BCUT2D eigenvalue weighted by atomic mass is 9.97. The number of Topliss-reactive ketones (excluding diaryl/α,β-unsaturated/α-hetero) is 1. The third-order valence-corrected chi connectivity index (χ3v) is 3.01. The van der Waals surface area contributed by atoms with Crippen LogP contribution >= 0.6 is 0 Å². The van der Waals surface area contributed by atoms with Crippen molar-refractivity contribution in [2.24, 2.45) is 0 Å². The number of aromatic nitrogens is 2. The second-order valence-corrected chi connectivity index (χ2v) is 4.19. The van der Waals surface area contributed by atoms with Gasteiger partial charge in [-0.05, 0) is 31.0 Å². The van der Waals surface area contributed by atoms with E-state index >= 15 is 0 Å². The van der Waals surface area contributed by atoms with E-state index < -0.39 is 0 Å². The van der Waals surface area contributed by atoms with Crippen LogP contribution in [-0.4, -0.2) is 15.6 Å². The highest BCUT2D eigenvalue weighted by molar-refractivity contribution is 5.97. The maximum absolute atomic E-state index is 13.2. The average Bonchev–Trinajstić information content (AvgIpc) is 2.74. The van der Waals surface area contributed by atoms with E-state index in [1.165, 1.54) is 12.1 Å². The van der Waals surface area contributed by atoms with Crippen molar-refractivity contribution in [3.8, 4) is 5.69 Å². The summed E-state index contributed by atoms with van der Waals surface area (Å²) in [5.74, 6) is -0.233. The number of ketones is 1. The first-order valence-electron chi connectivity index (χ1n) is 5.62. The number of hydrogen-bond acceptors (Lipinski definition) is 2. The summed E-state index contributed by atoms with van der Waals surface area (Å²) in [6.45, 7) is 0. The molecule has 3 rings (SSSR count). The molecule has 0 aliphatic heterocycles. The number of carbonyl (C=O) groups is 1. The van der Waals surface area contributed by atoms with E-state index in [-0.39, 0.29) is 11.6 Å². The van der Waals surface area contributed by atoms with Gasteiger partial charge >= 0.3 is 0 Å². The van der Waals surface area contributed by atoms with Crippen molar-refractivity contribution in [2.75, 3.05) is 0 Å². The molecule has 0 spiro atoms. The Labute approximate surface area is 97.9 Å². The molecule has 0 N–H and O–H groups in total. The molecule has 0 fully saturated rings. The first-order chi connectivity index (χ1) is 8.25. The highest BCUT2D eigenvalue weighted by Gasteiger charge is 2.23. The molecule has 0 unspecified atom stereocenters. The highest BCUT2D eigenvalue weighted by Crippen LogP contribution is 2.23. The normalized spacial score (nSPS) is 14.8. The van der Waals surface area contributed by atoms with Gasteiger partial charge in [0.1, 0.15) is 11.5 Å². The molecule has 1 aliphatic rings. The summed E-state index contributed by atoms with van der Waals surface area (Å²) in [6.07, 6.45) is 4.00. The standard InChI is InChI=1S/C13H11FN2O/c14-10-4-2-5-11(7-10)16-13-9(8-15-16)3-1-6-12(13)17/h2,4-5,7-8H,1,3,6H2. The van der Waals surface area contributed by atoms with Gasteiger partial charge < -0.3 is 0 Å². The number of carbonyl (C=O) groups excluding carboxylic acids is 1. The second kappa shape index (κ2) is 3.80. The Hall–Kier alpha value is -1.97. The van der Waals surface area contributed by atoms with Gasteiger partial charge in [-0.2, -0.15) is 5.10 Å². The second-order valence-electron chi connectivity index (χ2n) is 4.19. The highest BCUT2D eigenvalue weighted by atomic mass is 19.1. The van der Waals surface area contributed by atoms with Crippen molar-refractivity contribution < 1.29 is 9.18 Å². The van der Waals surface area contributed by atoms with E-state index in [1.807, 2.05) is 0 Å². The number of nitrogens with zero attached hydrogens (tertiary/aromatic N) is 2. The van der Waals surface area contributed by atoms with Crippen molar-refractivity contribution in [3.63, 3.8) is 0 Å². The lowest BCUT2D eigenvalue weighted by molar-refractivity contribution is 0.0965. The van der Waals surface area contributed by atoms with Gasteiger partial charge in [-0.15, -0.1) is 0 Å². The summed E-state index contributed by atoms with van der Waals surface area (Å²) in [6, 6.07) is 6.13. The molecule has 0 radical (unpaired) electrons. The fourth-order valence-electron chi connectivity index (χ4n) is 2.22. The van der Waals surface area contributed by atoms with Crippen LogP contribution in [0.2, 0.25) is 0 Å². The fraction of sp³-hybridized carbons (Fsp3) is 0.231. The van der Waals surface area contributed by atoms with E-state index in [9.17, 15) is 9.18 Å². The molecule has 0 atom stereocenters. The van der Waals surface area contributed by atoms with Crippen LogP contribution in [-0.2, 0) is 6.42 Å². The SMILES string of the molecule is O=C1CCCc2cnn(-c3cccc(F)c3)c21. The summed E-state index contributed by atoms with van der Waals surface area (Å²) in [4.78, 5) is 11.9. The molecule has 2 aromatic rings. The minimum Gasteiger partial charge on any atom is -0.292 e. The van der Waals surface area contributed by atoms with Gasteiger partial charge in [0, 0.05) is 12.0 Å². The van der Waals surface area contributed by atoms with Gasteiger partial charge in [-0.25, -0.2) is 9.07 Å². The molecular weight excluding hydrogens is 219 g/mol. The van der Waals surface area contributed by atoms with Crippen molar-refractivity contribution in [1.29, 1.82) is 0 Å². The number of aryl methyl sites for hydroxylation is 1. The van der Waals surface area contributed by atoms with Crippen LogP contribution in [0.5, 0.6) is 0 Å². The molecule has 17 heavy (non-hydrogen) atoms. The van der Waals surface area contributed by atoms with Gasteiger partial charge in [-0.1, -0.05) is 6.07 Å². The quantitative estimate of drug-likeness (QED) is 0.754. The third kappa shape index (κ3) is 1.65. The van der Waals surface area contributed by atoms with Crippen LogP contribution in [0.3, 0.4) is 0 Å². The van der Waals surface area contributed by atoms with Gasteiger partial charge in [0.2, 0.25) is 0 Å². The summed E-state index contributed by atoms with van der Waals surface area (Å²) in [5, 5.41) is 4.19. The summed E-state index contributed by atoms with van der Waals surface area (Å²) < 4.78 is 14.7. The predicted molar refractivity (Wildman–Crippen MR) is 60.8 cm³/mol. The Kier molecular flexibility index (Phi) is 2.28. The largest absolute Gasteiger partial charge is 0.292 e. The number of benzene rings is 1. The van der Waals surface area contributed by atoms with Crippen molar-refractivity contribution in [1.82, 2.24) is 9.78 Å². The van der Waals surface area contributed by atoms with E-state index in [4.69, 9.17) is 0 Å². The van der Waals surface area contributed by atoms with Crippen LogP contribution in [0, 0.1) is 5.82 Å². The van der Waals surface area contributed by atoms with E-state index in [0.717, 1.165) is 18.4 Å². The molecule has 1 aliphatic carbocycles. The van der Waals surface area contributed by atoms with Gasteiger partial charge in [0.05, 0.1) is 11.9 Å². The van der Waals surface area contributed by atoms with Gasteiger partial charge in [0.25, 0.3) is 0 Å². The summed E-state index contributed by atoms with van der Waals surface area (Å²) in [5.41, 5.74) is 2.17. The summed E-state index contributed by atoms with van der Waals surface area (Å²) >= 11 is 0. The molecule has 0 amide bonds. The van der Waals surface area contributed by atoms with Crippen LogP contribution < -0.4 is 0 Å². The molecule has 86 valence electrons. The first kappa shape index (κ1) is 10.2. The molecular formula is C13H11FN2O. The number of rotatable bonds is 1. The lowest BCUT2D eigenvalue weighted by Crippen LogP contribution is -2.15. The van der Waals surface area contributed by atoms with Gasteiger partial charge in [-0.3, -0.25) is 4.79 Å². The molecule has 0 saturated heterocycles. The topological polar surface area (TPSA) is 34.9 Å². The number of halogens is 1. The summed E-state index contributed by atoms with van der Waals surface area (Å²) in [7, 11) is 0. The molecule has 3 nitrogen and oxygen atoms in total. The first-order valence-corrected chi connectivity index (χ1v) is 5.62. The zero-order valence-corrected chi connectivity index (χ0v) is 9.19. The maximum atomic E-state index is 13.2. The fourth-order valence-corrected chi connectivity index (χ4v) is 2.22. The average molecular weight is 230 g/mol. The van der Waals surface area contributed by atoms with Gasteiger partial charge in [0.15, 0.2) is 5.78 Å². The Bertz CT molecular complexity index is 589. The molecule has 1 aromatic heterocycles. The molecule has 0 bridgehead atoms. The number of hydrogen-bond donors (Lipinski definition) is 0. The smallest absolute Gasteiger partial charge is 0.181 e. The van der Waals surface area contributed by atoms with E-state index in [2.05, 4.69) is 5.10 Å². The number of fused-ring (bicyclic) bond motifs is 1. The predicted octanol–water partition coefficient (Wildman–Crippen LogP) is 2.53. The van der Waals surface area contributed by atoms with Crippen LogP contribution in [0.25, 0.3) is 5.69 Å². The third-order valence-electron chi connectivity index (χ3n) is 3.01. The monoisotopic (exact) mass is 230 g/mol. The van der Waals surface area contributed by atoms with Crippen molar-refractivity contribution in [2.45, 2.75) is 19.3 Å². The van der Waals surface area contributed by atoms with Crippen molar-refractivity contribution in [3.05, 3.63) is 47.5 Å². The Morgan fingerprint density at radius 1 is 1.29 bits per heavy atom. The van der Waals surface area contributed by atoms with Crippen LogP contribution in [0.15, 0.2) is 30.5 Å². The zero-order valence-electron chi connectivity index (χ0n) is 9.19. The van der Waals surface area contributed by atoms with Crippen LogP contribution in [0.1, 0.15) is 28.9 Å². The molecule has 4 heteroatoms. The molecule has 1 aromatic carbocycles. The van der Waals surface area contributed by atoms with E-state index in [1.54, 1.807) is 23.0 Å². The Morgan fingerprint density at radius 2 is 2.18 bits per heavy atom. The Morgan fingerprint density at radius 3 is 3.00 bits per heavy atom. The van der Waals surface area contributed by atoms with Crippen molar-refractivity contribution >= 4 is 5.78 Å². The Balaban J connectivity index is 2.16. The maximum Gasteiger partial charge on any atom is 0.181 e. The zero-order chi connectivity index (χ0) is 11.8. The van der Waals surface area contributed by atoms with E-state index in [0.29, 0.717) is 17.8 Å². The minimum absolute atomic E-state index is 0.0908. The van der Waals surface area contributed by atoms with Crippen LogP contribution in [0.4, 0.5) is 4.39 Å².